The highest BCUT2D eigenvalue weighted by atomic mass is 16.6. The number of nitro groups is 1. The number of nitrogens with zero attached hydrogens (tertiary/aromatic N) is 2. The lowest BCUT2D eigenvalue weighted by Crippen LogP contribution is -2.03. The number of carbonyl (C=O) groups is 1. The molecule has 82 valence electrons. The van der Waals surface area contributed by atoms with Crippen LogP contribution in [-0.2, 0) is 11.2 Å². The Morgan fingerprint density at radius 3 is 2.69 bits per heavy atom. The standard InChI is InChI=1S/C10H8N2O4/c1-6-8(5-11)2-7(4-10(13)14)3-9(6)12(15)16/h2-3H,4H2,1H3,(H,13,14). The summed E-state index contributed by atoms with van der Waals surface area (Å²) in [6.07, 6.45) is -0.337. The van der Waals surface area contributed by atoms with E-state index in [1.807, 2.05) is 0 Å². The molecule has 0 fully saturated rings. The Bertz CT molecular complexity index is 502. The van der Waals surface area contributed by atoms with E-state index in [1.165, 1.54) is 19.1 Å². The predicted molar refractivity (Wildman–Crippen MR) is 53.9 cm³/mol. The van der Waals surface area contributed by atoms with Crippen LogP contribution >= 0.6 is 0 Å². The van der Waals surface area contributed by atoms with Crippen LogP contribution in [0.3, 0.4) is 0 Å². The van der Waals surface area contributed by atoms with Crippen LogP contribution in [0.25, 0.3) is 0 Å². The molecule has 0 atom stereocenters. The summed E-state index contributed by atoms with van der Waals surface area (Å²) in [6, 6.07) is 4.35. The molecular formula is C10H8N2O4. The van der Waals surface area contributed by atoms with E-state index in [9.17, 15) is 14.9 Å². The molecule has 6 nitrogen and oxygen atoms in total. The van der Waals surface area contributed by atoms with E-state index < -0.39 is 10.9 Å². The molecule has 0 radical (unpaired) electrons. The molecule has 0 spiro atoms. The molecule has 0 amide bonds. The number of carboxylic acids is 1. The summed E-state index contributed by atoms with van der Waals surface area (Å²) >= 11 is 0. The quantitative estimate of drug-likeness (QED) is 0.612. The molecule has 1 aromatic rings. The van der Waals surface area contributed by atoms with Gasteiger partial charge in [-0.05, 0) is 18.6 Å². The van der Waals surface area contributed by atoms with Gasteiger partial charge in [-0.1, -0.05) is 0 Å². The highest BCUT2D eigenvalue weighted by Crippen LogP contribution is 2.23. The van der Waals surface area contributed by atoms with Crippen molar-refractivity contribution in [1.29, 1.82) is 5.26 Å². The van der Waals surface area contributed by atoms with Crippen molar-refractivity contribution in [3.05, 3.63) is 38.9 Å². The van der Waals surface area contributed by atoms with E-state index in [4.69, 9.17) is 10.4 Å². The van der Waals surface area contributed by atoms with Crippen molar-refractivity contribution >= 4 is 11.7 Å². The minimum Gasteiger partial charge on any atom is -0.481 e. The Hall–Kier alpha value is -2.42. The van der Waals surface area contributed by atoms with Gasteiger partial charge >= 0.3 is 5.97 Å². The van der Waals surface area contributed by atoms with Gasteiger partial charge < -0.3 is 5.11 Å². The predicted octanol–water partition coefficient (Wildman–Crippen LogP) is 1.40. The first-order valence-electron chi connectivity index (χ1n) is 4.35. The summed E-state index contributed by atoms with van der Waals surface area (Å²) in [5.74, 6) is -1.10. The molecule has 1 rings (SSSR count). The van der Waals surface area contributed by atoms with Crippen molar-refractivity contribution in [3.63, 3.8) is 0 Å². The number of hydrogen-bond donors (Lipinski definition) is 1. The normalized spacial score (nSPS) is 9.50. The Morgan fingerprint density at radius 2 is 2.25 bits per heavy atom. The molecule has 0 aliphatic carbocycles. The first kappa shape index (κ1) is 11.7. The van der Waals surface area contributed by atoms with Gasteiger partial charge in [-0.25, -0.2) is 0 Å². The minimum atomic E-state index is -1.10. The van der Waals surface area contributed by atoms with Gasteiger partial charge in [-0.3, -0.25) is 14.9 Å². The van der Waals surface area contributed by atoms with Crippen LogP contribution in [0, 0.1) is 28.4 Å². The monoisotopic (exact) mass is 220 g/mol. The molecular weight excluding hydrogens is 212 g/mol. The topological polar surface area (TPSA) is 104 Å². The fourth-order valence-corrected chi connectivity index (χ4v) is 1.34. The van der Waals surface area contributed by atoms with E-state index in [0.717, 1.165) is 0 Å². The fourth-order valence-electron chi connectivity index (χ4n) is 1.34. The van der Waals surface area contributed by atoms with Crippen molar-refractivity contribution in [2.45, 2.75) is 13.3 Å². The number of hydrogen-bond acceptors (Lipinski definition) is 4. The molecule has 0 aromatic heterocycles. The average molecular weight is 220 g/mol. The second-order valence-electron chi connectivity index (χ2n) is 3.23. The molecule has 0 bridgehead atoms. The molecule has 1 N–H and O–H groups in total. The molecule has 0 aliphatic rings. The van der Waals surface area contributed by atoms with Gasteiger partial charge in [0.2, 0.25) is 0 Å². The minimum absolute atomic E-state index is 0.130. The Kier molecular flexibility index (Phi) is 3.20. The second kappa shape index (κ2) is 4.40. The highest BCUT2D eigenvalue weighted by molar-refractivity contribution is 5.71. The summed E-state index contributed by atoms with van der Waals surface area (Å²) < 4.78 is 0. The van der Waals surface area contributed by atoms with Gasteiger partial charge in [0.05, 0.1) is 23.0 Å². The third-order valence-electron chi connectivity index (χ3n) is 2.11. The van der Waals surface area contributed by atoms with Crippen LogP contribution in [0.15, 0.2) is 12.1 Å². The number of carboxylic acid groups (broad SMARTS) is 1. The molecule has 0 aliphatic heterocycles. The maximum absolute atomic E-state index is 10.7. The molecule has 6 heteroatoms. The van der Waals surface area contributed by atoms with E-state index in [-0.39, 0.29) is 28.8 Å². The third kappa shape index (κ3) is 2.33. The highest BCUT2D eigenvalue weighted by Gasteiger charge is 2.16. The van der Waals surface area contributed by atoms with Crippen molar-refractivity contribution in [2.75, 3.05) is 0 Å². The zero-order chi connectivity index (χ0) is 12.3. The van der Waals surface area contributed by atoms with Crippen molar-refractivity contribution in [2.24, 2.45) is 0 Å². The summed E-state index contributed by atoms with van der Waals surface area (Å²) in [7, 11) is 0. The largest absolute Gasteiger partial charge is 0.481 e. The zero-order valence-electron chi connectivity index (χ0n) is 8.43. The molecule has 0 unspecified atom stereocenters. The third-order valence-corrected chi connectivity index (χ3v) is 2.11. The first-order valence-corrected chi connectivity index (χ1v) is 4.35. The summed E-state index contributed by atoms with van der Waals surface area (Å²) in [6.45, 7) is 1.46. The van der Waals surface area contributed by atoms with Gasteiger partial charge in [-0.15, -0.1) is 0 Å². The summed E-state index contributed by atoms with van der Waals surface area (Å²) in [5.41, 5.74) is 0.406. The lowest BCUT2D eigenvalue weighted by molar-refractivity contribution is -0.385. The Labute approximate surface area is 90.9 Å². The number of benzene rings is 1. The van der Waals surface area contributed by atoms with Gasteiger partial charge in [0, 0.05) is 11.6 Å². The molecule has 1 aromatic carbocycles. The first-order chi connectivity index (χ1) is 7.45. The summed E-state index contributed by atoms with van der Waals surface area (Å²) in [5, 5.41) is 28.0. The molecule has 0 heterocycles. The smallest absolute Gasteiger partial charge is 0.307 e. The van der Waals surface area contributed by atoms with Crippen LogP contribution in [0.2, 0.25) is 0 Å². The fraction of sp³-hybridized carbons (Fsp3) is 0.200. The van der Waals surface area contributed by atoms with Crippen LogP contribution in [-0.4, -0.2) is 16.0 Å². The Balaban J connectivity index is 3.35. The van der Waals surface area contributed by atoms with E-state index in [0.29, 0.717) is 0 Å². The van der Waals surface area contributed by atoms with Crippen molar-refractivity contribution in [1.82, 2.24) is 0 Å². The second-order valence-corrected chi connectivity index (χ2v) is 3.23. The SMILES string of the molecule is Cc1c(C#N)cc(CC(=O)O)cc1[N+](=O)[O-]. The van der Waals surface area contributed by atoms with E-state index in [2.05, 4.69) is 0 Å². The average Bonchev–Trinajstić information content (AvgIpc) is 2.19. The number of nitriles is 1. The van der Waals surface area contributed by atoms with Gasteiger partial charge in [0.15, 0.2) is 0 Å². The molecule has 0 saturated carbocycles. The molecule has 16 heavy (non-hydrogen) atoms. The number of rotatable bonds is 3. The lowest BCUT2D eigenvalue weighted by Gasteiger charge is -2.03. The zero-order valence-corrected chi connectivity index (χ0v) is 8.43. The lowest BCUT2D eigenvalue weighted by atomic mass is 10.0. The van der Waals surface area contributed by atoms with Crippen LogP contribution < -0.4 is 0 Å². The van der Waals surface area contributed by atoms with E-state index in [1.54, 1.807) is 6.07 Å². The van der Waals surface area contributed by atoms with Gasteiger partial charge in [-0.2, -0.15) is 5.26 Å². The van der Waals surface area contributed by atoms with Crippen molar-refractivity contribution < 1.29 is 14.8 Å². The van der Waals surface area contributed by atoms with E-state index >= 15 is 0 Å². The Morgan fingerprint density at radius 1 is 1.62 bits per heavy atom. The van der Waals surface area contributed by atoms with Gasteiger partial charge in [0.1, 0.15) is 0 Å². The molecule has 0 saturated heterocycles. The number of nitro benzene ring substituents is 1. The number of aliphatic carboxylic acids is 1. The van der Waals surface area contributed by atoms with Crippen LogP contribution in [0.1, 0.15) is 16.7 Å². The van der Waals surface area contributed by atoms with Gasteiger partial charge in [0.25, 0.3) is 5.69 Å². The maximum Gasteiger partial charge on any atom is 0.307 e. The van der Waals surface area contributed by atoms with Crippen LogP contribution in [0.4, 0.5) is 5.69 Å². The van der Waals surface area contributed by atoms with Crippen LogP contribution in [0.5, 0.6) is 0 Å². The van der Waals surface area contributed by atoms with Crippen molar-refractivity contribution in [3.8, 4) is 6.07 Å². The maximum atomic E-state index is 10.7. The summed E-state index contributed by atoms with van der Waals surface area (Å²) in [4.78, 5) is 20.5.